The Labute approximate surface area is 99.8 Å². The summed E-state index contributed by atoms with van der Waals surface area (Å²) in [5.41, 5.74) is 1.89. The van der Waals surface area contributed by atoms with Gasteiger partial charge in [0.1, 0.15) is 5.75 Å². The van der Waals surface area contributed by atoms with Crippen molar-refractivity contribution in [2.45, 2.75) is 19.9 Å². The molecule has 0 saturated heterocycles. The first-order valence-corrected chi connectivity index (χ1v) is 5.54. The van der Waals surface area contributed by atoms with Gasteiger partial charge in [0.15, 0.2) is 0 Å². The highest BCUT2D eigenvalue weighted by molar-refractivity contribution is 5.30. The number of methoxy groups -OCH3 is 1. The molecular formula is C13H16N2O2. The molecule has 1 heterocycles. The molecule has 4 heteroatoms. The van der Waals surface area contributed by atoms with E-state index in [-0.39, 0.29) is 11.6 Å². The maximum atomic E-state index is 11.7. The van der Waals surface area contributed by atoms with Gasteiger partial charge < -0.3 is 4.74 Å². The summed E-state index contributed by atoms with van der Waals surface area (Å²) in [6.45, 7) is 3.85. The molecule has 0 radical (unpaired) electrons. The largest absolute Gasteiger partial charge is 0.497 e. The van der Waals surface area contributed by atoms with Crippen molar-refractivity contribution in [2.75, 3.05) is 7.11 Å². The molecule has 0 saturated carbocycles. The Morgan fingerprint density at radius 3 is 2.71 bits per heavy atom. The Morgan fingerprint density at radius 1 is 1.35 bits per heavy atom. The van der Waals surface area contributed by atoms with E-state index in [9.17, 15) is 4.79 Å². The molecule has 1 atom stereocenters. The SMILES string of the molecule is COc1cccc(C(C)n2[nH]c(C)cc2=O)c1. The van der Waals surface area contributed by atoms with E-state index >= 15 is 0 Å². The van der Waals surface area contributed by atoms with Gasteiger partial charge in [0.2, 0.25) is 0 Å². The van der Waals surface area contributed by atoms with Crippen LogP contribution in [0, 0.1) is 6.92 Å². The summed E-state index contributed by atoms with van der Waals surface area (Å²) in [6.07, 6.45) is 0. The number of hydrogen-bond acceptors (Lipinski definition) is 2. The van der Waals surface area contributed by atoms with Gasteiger partial charge in [-0.05, 0) is 31.5 Å². The van der Waals surface area contributed by atoms with E-state index in [1.54, 1.807) is 17.9 Å². The molecule has 0 spiro atoms. The number of H-pyrrole nitrogens is 1. The van der Waals surface area contributed by atoms with Crippen LogP contribution in [0.15, 0.2) is 35.1 Å². The lowest BCUT2D eigenvalue weighted by molar-refractivity contribution is 0.413. The van der Waals surface area contributed by atoms with Crippen LogP contribution in [0.1, 0.15) is 24.2 Å². The summed E-state index contributed by atoms with van der Waals surface area (Å²) >= 11 is 0. The van der Waals surface area contributed by atoms with Gasteiger partial charge in [0, 0.05) is 11.8 Å². The van der Waals surface area contributed by atoms with Crippen molar-refractivity contribution in [3.05, 3.63) is 51.9 Å². The first-order chi connectivity index (χ1) is 8.11. The molecule has 2 aromatic rings. The van der Waals surface area contributed by atoms with E-state index in [0.29, 0.717) is 0 Å². The fourth-order valence-corrected chi connectivity index (χ4v) is 1.87. The lowest BCUT2D eigenvalue weighted by Gasteiger charge is -2.13. The van der Waals surface area contributed by atoms with Gasteiger partial charge in [0.25, 0.3) is 5.56 Å². The molecule has 0 aliphatic rings. The van der Waals surface area contributed by atoms with Crippen molar-refractivity contribution < 1.29 is 4.74 Å². The van der Waals surface area contributed by atoms with Crippen LogP contribution in [-0.4, -0.2) is 16.9 Å². The lowest BCUT2D eigenvalue weighted by Crippen LogP contribution is -2.20. The van der Waals surface area contributed by atoms with Crippen LogP contribution in [0.2, 0.25) is 0 Å². The smallest absolute Gasteiger partial charge is 0.267 e. The third kappa shape index (κ3) is 2.25. The summed E-state index contributed by atoms with van der Waals surface area (Å²) in [6, 6.07) is 9.29. The van der Waals surface area contributed by atoms with Gasteiger partial charge in [-0.1, -0.05) is 12.1 Å². The Balaban J connectivity index is 2.39. The second-order valence-corrected chi connectivity index (χ2v) is 4.10. The standard InChI is InChI=1S/C13H16N2O2/c1-9-7-13(16)15(14-9)10(2)11-5-4-6-12(8-11)17-3/h4-8,10,14H,1-3H3. The van der Waals surface area contributed by atoms with Crippen molar-refractivity contribution in [1.82, 2.24) is 9.78 Å². The number of hydrogen-bond donors (Lipinski definition) is 1. The summed E-state index contributed by atoms with van der Waals surface area (Å²) in [4.78, 5) is 11.7. The predicted molar refractivity (Wildman–Crippen MR) is 66.6 cm³/mol. The quantitative estimate of drug-likeness (QED) is 0.881. The summed E-state index contributed by atoms with van der Waals surface area (Å²) < 4.78 is 6.79. The molecule has 4 nitrogen and oxygen atoms in total. The maximum Gasteiger partial charge on any atom is 0.267 e. The average Bonchev–Trinajstić information content (AvgIpc) is 2.67. The maximum absolute atomic E-state index is 11.7. The summed E-state index contributed by atoms with van der Waals surface area (Å²) in [7, 11) is 1.63. The zero-order valence-electron chi connectivity index (χ0n) is 10.2. The molecule has 1 aromatic heterocycles. The van der Waals surface area contributed by atoms with Gasteiger partial charge in [0.05, 0.1) is 13.2 Å². The lowest BCUT2D eigenvalue weighted by atomic mass is 10.1. The van der Waals surface area contributed by atoms with Crippen LogP contribution in [0.3, 0.4) is 0 Å². The number of aromatic nitrogens is 2. The first kappa shape index (κ1) is 11.5. The van der Waals surface area contributed by atoms with Crippen LogP contribution in [0.25, 0.3) is 0 Å². The Morgan fingerprint density at radius 2 is 2.12 bits per heavy atom. The van der Waals surface area contributed by atoms with Crippen molar-refractivity contribution in [2.24, 2.45) is 0 Å². The first-order valence-electron chi connectivity index (χ1n) is 5.54. The molecule has 2 rings (SSSR count). The average molecular weight is 232 g/mol. The van der Waals surface area contributed by atoms with E-state index in [2.05, 4.69) is 5.10 Å². The third-order valence-corrected chi connectivity index (χ3v) is 2.84. The highest BCUT2D eigenvalue weighted by Gasteiger charge is 2.11. The molecule has 1 aromatic carbocycles. The van der Waals surface area contributed by atoms with E-state index in [1.807, 2.05) is 38.1 Å². The number of nitrogens with zero attached hydrogens (tertiary/aromatic N) is 1. The minimum atomic E-state index is -0.0358. The van der Waals surface area contributed by atoms with Crippen molar-refractivity contribution in [1.29, 1.82) is 0 Å². The predicted octanol–water partition coefficient (Wildman–Crippen LogP) is 2.10. The van der Waals surface area contributed by atoms with Crippen LogP contribution in [0.4, 0.5) is 0 Å². The molecule has 1 N–H and O–H groups in total. The zero-order chi connectivity index (χ0) is 12.4. The highest BCUT2D eigenvalue weighted by Crippen LogP contribution is 2.20. The van der Waals surface area contributed by atoms with Crippen LogP contribution in [0.5, 0.6) is 5.75 Å². The molecule has 0 aliphatic heterocycles. The topological polar surface area (TPSA) is 47.0 Å². The Kier molecular flexibility index (Phi) is 3.04. The minimum Gasteiger partial charge on any atom is -0.497 e. The van der Waals surface area contributed by atoms with Gasteiger partial charge in [-0.25, -0.2) is 4.68 Å². The Bertz CT molecular complexity index is 569. The van der Waals surface area contributed by atoms with Gasteiger partial charge >= 0.3 is 0 Å². The normalized spacial score (nSPS) is 12.4. The zero-order valence-corrected chi connectivity index (χ0v) is 10.2. The second kappa shape index (κ2) is 4.49. The minimum absolute atomic E-state index is 0.0159. The van der Waals surface area contributed by atoms with E-state index < -0.39 is 0 Å². The van der Waals surface area contributed by atoms with Crippen molar-refractivity contribution in [3.63, 3.8) is 0 Å². The van der Waals surface area contributed by atoms with E-state index in [0.717, 1.165) is 17.0 Å². The molecule has 0 bridgehead atoms. The molecule has 0 aliphatic carbocycles. The van der Waals surface area contributed by atoms with Crippen molar-refractivity contribution in [3.8, 4) is 5.75 Å². The fraction of sp³-hybridized carbons (Fsp3) is 0.308. The number of aryl methyl sites for hydroxylation is 1. The molecular weight excluding hydrogens is 216 g/mol. The Hall–Kier alpha value is -1.97. The van der Waals surface area contributed by atoms with E-state index in [4.69, 9.17) is 4.74 Å². The molecule has 17 heavy (non-hydrogen) atoms. The number of aromatic amines is 1. The molecule has 0 amide bonds. The summed E-state index contributed by atoms with van der Waals surface area (Å²) in [5.74, 6) is 0.797. The molecule has 90 valence electrons. The molecule has 0 fully saturated rings. The number of rotatable bonds is 3. The van der Waals surface area contributed by atoms with Gasteiger partial charge in [-0.3, -0.25) is 9.89 Å². The highest BCUT2D eigenvalue weighted by atomic mass is 16.5. The van der Waals surface area contributed by atoms with E-state index in [1.165, 1.54) is 0 Å². The fourth-order valence-electron chi connectivity index (χ4n) is 1.87. The van der Waals surface area contributed by atoms with Gasteiger partial charge in [-0.15, -0.1) is 0 Å². The van der Waals surface area contributed by atoms with Crippen molar-refractivity contribution >= 4 is 0 Å². The van der Waals surface area contributed by atoms with Crippen LogP contribution >= 0.6 is 0 Å². The second-order valence-electron chi connectivity index (χ2n) is 4.10. The van der Waals surface area contributed by atoms with Crippen LogP contribution in [-0.2, 0) is 0 Å². The van der Waals surface area contributed by atoms with Crippen LogP contribution < -0.4 is 10.3 Å². The van der Waals surface area contributed by atoms with Gasteiger partial charge in [-0.2, -0.15) is 0 Å². The molecule has 1 unspecified atom stereocenters. The number of nitrogens with one attached hydrogen (secondary N) is 1. The number of ether oxygens (including phenoxy) is 1. The monoisotopic (exact) mass is 232 g/mol. The summed E-state index contributed by atoms with van der Waals surface area (Å²) in [5, 5.41) is 3.04. The third-order valence-electron chi connectivity index (χ3n) is 2.84. The number of benzene rings is 1.